The molecular weight excluding hydrogens is 338 g/mol. The molecule has 3 N–H and O–H groups in total. The number of hydrogen-bond acceptors (Lipinski definition) is 2. The molecule has 5 nitrogen and oxygen atoms in total. The van der Waals surface area contributed by atoms with E-state index in [9.17, 15) is 9.59 Å². The van der Waals surface area contributed by atoms with Crippen LogP contribution in [-0.2, 0) is 11.2 Å². The third kappa shape index (κ3) is 6.13. The number of benzene rings is 2. The van der Waals surface area contributed by atoms with Crippen LogP contribution < -0.4 is 16.0 Å². The summed E-state index contributed by atoms with van der Waals surface area (Å²) in [6.07, 6.45) is 6.02. The molecule has 3 amide bonds. The Balaban J connectivity index is 1.64. The van der Waals surface area contributed by atoms with Crippen LogP contribution in [0.2, 0.25) is 0 Å². The van der Waals surface area contributed by atoms with E-state index in [1.165, 1.54) is 6.42 Å². The molecule has 142 valence electrons. The van der Waals surface area contributed by atoms with Crippen LogP contribution in [0.3, 0.4) is 0 Å². The van der Waals surface area contributed by atoms with Crippen molar-refractivity contribution in [1.82, 2.24) is 10.6 Å². The minimum Gasteiger partial charge on any atom is -0.352 e. The number of urea groups is 1. The molecule has 5 heteroatoms. The third-order valence-corrected chi connectivity index (χ3v) is 4.89. The fourth-order valence-electron chi connectivity index (χ4n) is 3.45. The molecule has 0 bridgehead atoms. The number of carbonyl (C=O) groups excluding carboxylic acids is 2. The van der Waals surface area contributed by atoms with E-state index in [0.29, 0.717) is 12.1 Å². The van der Waals surface area contributed by atoms with Crippen molar-refractivity contribution in [2.45, 2.75) is 50.6 Å². The molecule has 1 atom stereocenters. The summed E-state index contributed by atoms with van der Waals surface area (Å²) >= 11 is 0. The average Bonchev–Trinajstić information content (AvgIpc) is 2.70. The van der Waals surface area contributed by atoms with Gasteiger partial charge in [0.1, 0.15) is 6.04 Å². The maximum absolute atomic E-state index is 12.9. The molecule has 1 fully saturated rings. The zero-order chi connectivity index (χ0) is 18.9. The predicted octanol–water partition coefficient (Wildman–Crippen LogP) is 3.87. The van der Waals surface area contributed by atoms with E-state index < -0.39 is 6.04 Å². The molecule has 0 aliphatic heterocycles. The summed E-state index contributed by atoms with van der Waals surface area (Å²) in [7, 11) is 0. The first-order valence-electron chi connectivity index (χ1n) is 9.67. The summed E-state index contributed by atoms with van der Waals surface area (Å²) in [5.41, 5.74) is 1.71. The number of anilines is 1. The second-order valence-corrected chi connectivity index (χ2v) is 7.05. The van der Waals surface area contributed by atoms with Crippen molar-refractivity contribution in [3.05, 3.63) is 66.2 Å². The van der Waals surface area contributed by atoms with Crippen LogP contribution in [-0.4, -0.2) is 24.0 Å². The topological polar surface area (TPSA) is 70.2 Å². The van der Waals surface area contributed by atoms with E-state index in [2.05, 4.69) is 16.0 Å². The minimum absolute atomic E-state index is 0.117. The Bertz CT molecular complexity index is 728. The lowest BCUT2D eigenvalue weighted by molar-refractivity contribution is -0.123. The van der Waals surface area contributed by atoms with Gasteiger partial charge in [-0.05, 0) is 30.5 Å². The van der Waals surface area contributed by atoms with Crippen molar-refractivity contribution in [2.75, 3.05) is 5.32 Å². The lowest BCUT2D eigenvalue weighted by atomic mass is 9.95. The van der Waals surface area contributed by atoms with E-state index in [4.69, 9.17) is 0 Å². The SMILES string of the molecule is O=C(Nc1ccccc1)NC(Cc1ccccc1)C(=O)NC1CCCCC1. The highest BCUT2D eigenvalue weighted by atomic mass is 16.2. The highest BCUT2D eigenvalue weighted by molar-refractivity contribution is 5.93. The van der Waals surface area contributed by atoms with Crippen LogP contribution in [0.5, 0.6) is 0 Å². The number of nitrogens with one attached hydrogen (secondary N) is 3. The van der Waals surface area contributed by atoms with Crippen molar-refractivity contribution >= 4 is 17.6 Å². The van der Waals surface area contributed by atoms with Gasteiger partial charge in [0, 0.05) is 18.2 Å². The predicted molar refractivity (Wildman–Crippen MR) is 108 cm³/mol. The van der Waals surface area contributed by atoms with E-state index in [-0.39, 0.29) is 18.0 Å². The molecule has 1 aliphatic rings. The van der Waals surface area contributed by atoms with Crippen molar-refractivity contribution in [3.8, 4) is 0 Å². The maximum atomic E-state index is 12.9. The minimum atomic E-state index is -0.613. The van der Waals surface area contributed by atoms with Gasteiger partial charge in [0.2, 0.25) is 5.91 Å². The average molecular weight is 365 g/mol. The van der Waals surface area contributed by atoms with Crippen LogP contribution in [0.15, 0.2) is 60.7 Å². The molecule has 0 aromatic heterocycles. The van der Waals surface area contributed by atoms with Gasteiger partial charge in [0.15, 0.2) is 0 Å². The fourth-order valence-corrected chi connectivity index (χ4v) is 3.45. The number of amides is 3. The lowest BCUT2D eigenvalue weighted by Crippen LogP contribution is -2.52. The monoisotopic (exact) mass is 365 g/mol. The molecule has 0 heterocycles. The molecule has 2 aromatic rings. The molecule has 1 saturated carbocycles. The summed E-state index contributed by atoms with van der Waals surface area (Å²) < 4.78 is 0. The van der Waals surface area contributed by atoms with Gasteiger partial charge in [-0.2, -0.15) is 0 Å². The Morgan fingerprint density at radius 3 is 2.19 bits per heavy atom. The van der Waals surface area contributed by atoms with Crippen LogP contribution in [0.25, 0.3) is 0 Å². The Morgan fingerprint density at radius 1 is 0.889 bits per heavy atom. The smallest absolute Gasteiger partial charge is 0.319 e. The first kappa shape index (κ1) is 19.0. The molecular formula is C22H27N3O2. The van der Waals surface area contributed by atoms with E-state index in [0.717, 1.165) is 31.2 Å². The molecule has 0 saturated heterocycles. The molecule has 1 aliphatic carbocycles. The molecule has 27 heavy (non-hydrogen) atoms. The van der Waals surface area contributed by atoms with Gasteiger partial charge in [-0.3, -0.25) is 4.79 Å². The zero-order valence-electron chi connectivity index (χ0n) is 15.5. The number of para-hydroxylation sites is 1. The van der Waals surface area contributed by atoms with E-state index >= 15 is 0 Å². The molecule has 2 aromatic carbocycles. The highest BCUT2D eigenvalue weighted by Crippen LogP contribution is 2.17. The summed E-state index contributed by atoms with van der Waals surface area (Å²) in [5, 5.41) is 8.75. The maximum Gasteiger partial charge on any atom is 0.319 e. The van der Waals surface area contributed by atoms with Crippen molar-refractivity contribution < 1.29 is 9.59 Å². The summed E-state index contributed by atoms with van der Waals surface area (Å²) in [6, 6.07) is 18.2. The van der Waals surface area contributed by atoms with Gasteiger partial charge in [-0.15, -0.1) is 0 Å². The number of hydrogen-bond donors (Lipinski definition) is 3. The van der Waals surface area contributed by atoms with Crippen molar-refractivity contribution in [3.63, 3.8) is 0 Å². The third-order valence-electron chi connectivity index (χ3n) is 4.89. The van der Waals surface area contributed by atoms with Crippen LogP contribution in [0.4, 0.5) is 10.5 Å². The van der Waals surface area contributed by atoms with Gasteiger partial charge in [0.05, 0.1) is 0 Å². The van der Waals surface area contributed by atoms with Crippen LogP contribution in [0, 0.1) is 0 Å². The second-order valence-electron chi connectivity index (χ2n) is 7.05. The van der Waals surface area contributed by atoms with Gasteiger partial charge in [-0.1, -0.05) is 67.8 Å². The van der Waals surface area contributed by atoms with Crippen LogP contribution >= 0.6 is 0 Å². The molecule has 1 unspecified atom stereocenters. The summed E-state index contributed by atoms with van der Waals surface area (Å²) in [6.45, 7) is 0. The molecule has 3 rings (SSSR count). The summed E-state index contributed by atoms with van der Waals surface area (Å²) in [5.74, 6) is -0.117. The first-order chi connectivity index (χ1) is 13.2. The second kappa shape index (κ2) is 9.76. The van der Waals surface area contributed by atoms with E-state index in [1.807, 2.05) is 60.7 Å². The van der Waals surface area contributed by atoms with Gasteiger partial charge >= 0.3 is 6.03 Å². The van der Waals surface area contributed by atoms with Gasteiger partial charge in [0.25, 0.3) is 0 Å². The lowest BCUT2D eigenvalue weighted by Gasteiger charge is -2.26. The van der Waals surface area contributed by atoms with Crippen molar-refractivity contribution in [1.29, 1.82) is 0 Å². The standard InChI is InChI=1S/C22H27N3O2/c26-21(23-18-12-6-2-7-13-18)20(16-17-10-4-1-5-11-17)25-22(27)24-19-14-8-3-9-15-19/h1,3-5,8-11,14-15,18,20H,2,6-7,12-13,16H2,(H,23,26)(H2,24,25,27). The summed E-state index contributed by atoms with van der Waals surface area (Å²) in [4.78, 5) is 25.3. The van der Waals surface area contributed by atoms with Crippen LogP contribution in [0.1, 0.15) is 37.7 Å². The fraction of sp³-hybridized carbons (Fsp3) is 0.364. The van der Waals surface area contributed by atoms with Gasteiger partial charge in [-0.25, -0.2) is 4.79 Å². The van der Waals surface area contributed by atoms with Gasteiger partial charge < -0.3 is 16.0 Å². The zero-order valence-corrected chi connectivity index (χ0v) is 15.5. The number of rotatable bonds is 6. The molecule has 0 radical (unpaired) electrons. The Hall–Kier alpha value is -2.82. The first-order valence-corrected chi connectivity index (χ1v) is 9.67. The number of carbonyl (C=O) groups is 2. The Kier molecular flexibility index (Phi) is 6.85. The Labute approximate surface area is 160 Å². The highest BCUT2D eigenvalue weighted by Gasteiger charge is 2.24. The van der Waals surface area contributed by atoms with Crippen molar-refractivity contribution in [2.24, 2.45) is 0 Å². The largest absolute Gasteiger partial charge is 0.352 e. The Morgan fingerprint density at radius 2 is 1.52 bits per heavy atom. The van der Waals surface area contributed by atoms with E-state index in [1.54, 1.807) is 0 Å². The quantitative estimate of drug-likeness (QED) is 0.727. The molecule has 0 spiro atoms. The normalized spacial score (nSPS) is 15.6.